The standard InChI is InChI=1S/C34H38FN3O5Si/c1-22-32(44(3,4)35)30(18-19-39)43-34(22)27-20-26(42-2)14-16-29(27)37(33(34)41)21-23-10-12-25(13-11-23)38-31(40)17-15-28(36-38)24-8-6-5-7-9-24/h5-14,16,20,22,30,32,39H,15,17-19,21H2,1-4H3/t22-,30+,32-,34+/m0/s1. The molecular weight excluding hydrogens is 577 g/mol. The first-order chi connectivity index (χ1) is 21.1. The maximum Gasteiger partial charge on any atom is 0.264 e. The predicted octanol–water partition coefficient (Wildman–Crippen LogP) is 5.93. The molecule has 3 aliphatic rings. The lowest BCUT2D eigenvalue weighted by molar-refractivity contribution is -0.146. The zero-order chi connectivity index (χ0) is 31.2. The van der Waals surface area contributed by atoms with Crippen LogP contribution in [0.25, 0.3) is 0 Å². The first kappa shape index (κ1) is 30.2. The minimum Gasteiger partial charge on any atom is -0.497 e. The molecule has 230 valence electrons. The van der Waals surface area contributed by atoms with Gasteiger partial charge in [-0.05, 0) is 61.0 Å². The summed E-state index contributed by atoms with van der Waals surface area (Å²) in [6.07, 6.45) is 0.639. The number of hydrogen-bond acceptors (Lipinski definition) is 6. The van der Waals surface area contributed by atoms with E-state index in [1.165, 1.54) is 5.01 Å². The highest BCUT2D eigenvalue weighted by Crippen LogP contribution is 2.60. The van der Waals surface area contributed by atoms with E-state index in [0.717, 1.165) is 16.8 Å². The van der Waals surface area contributed by atoms with Crippen molar-refractivity contribution in [2.75, 3.05) is 23.6 Å². The van der Waals surface area contributed by atoms with E-state index in [1.807, 2.05) is 79.7 Å². The van der Waals surface area contributed by atoms with Gasteiger partial charge in [-0.2, -0.15) is 5.10 Å². The van der Waals surface area contributed by atoms with Crippen LogP contribution < -0.4 is 14.6 Å². The molecule has 0 aliphatic carbocycles. The number of ether oxygens (including phenoxy) is 2. The topological polar surface area (TPSA) is 91.7 Å². The van der Waals surface area contributed by atoms with Gasteiger partial charge in [0.15, 0.2) is 5.60 Å². The van der Waals surface area contributed by atoms with E-state index in [9.17, 15) is 14.7 Å². The second-order valence-corrected chi connectivity index (χ2v) is 16.1. The van der Waals surface area contributed by atoms with E-state index in [1.54, 1.807) is 25.1 Å². The quantitative estimate of drug-likeness (QED) is 0.251. The fourth-order valence-electron chi connectivity index (χ4n) is 7.22. The molecule has 10 heteroatoms. The molecule has 3 aromatic carbocycles. The summed E-state index contributed by atoms with van der Waals surface area (Å²) in [5.74, 6) is -0.184. The number of amides is 2. The Bertz CT molecular complexity index is 1590. The molecule has 3 heterocycles. The van der Waals surface area contributed by atoms with Crippen molar-refractivity contribution in [1.29, 1.82) is 0 Å². The van der Waals surface area contributed by atoms with Crippen molar-refractivity contribution < 1.29 is 28.3 Å². The summed E-state index contributed by atoms with van der Waals surface area (Å²) in [6, 6.07) is 22.8. The Morgan fingerprint density at radius 1 is 1.07 bits per heavy atom. The number of fused-ring (bicyclic) bond motifs is 2. The molecule has 2 amide bonds. The van der Waals surface area contributed by atoms with Crippen LogP contribution in [-0.2, 0) is 26.5 Å². The van der Waals surface area contributed by atoms with Gasteiger partial charge in [0.25, 0.3) is 5.91 Å². The summed E-state index contributed by atoms with van der Waals surface area (Å²) in [5, 5.41) is 15.9. The number of anilines is 2. The van der Waals surface area contributed by atoms with Crippen molar-refractivity contribution in [3.63, 3.8) is 0 Å². The predicted molar refractivity (Wildman–Crippen MR) is 170 cm³/mol. The van der Waals surface area contributed by atoms with Crippen molar-refractivity contribution in [1.82, 2.24) is 0 Å². The number of methoxy groups -OCH3 is 1. The smallest absolute Gasteiger partial charge is 0.264 e. The SMILES string of the molecule is COc1ccc2c(c1)[C@@]1(O[C@H](CCO)[C@@H]([Si](C)(C)F)[C@@H]1C)C(=O)N2Cc1ccc(N2N=C(c3ccccc3)CCC2=O)cc1. The second-order valence-electron chi connectivity index (χ2n) is 12.3. The maximum absolute atomic E-state index is 15.8. The van der Waals surface area contributed by atoms with E-state index in [0.29, 0.717) is 35.5 Å². The first-order valence-electron chi connectivity index (χ1n) is 15.1. The zero-order valence-corrected chi connectivity index (χ0v) is 26.5. The van der Waals surface area contributed by atoms with Gasteiger partial charge < -0.3 is 23.6 Å². The lowest BCUT2D eigenvalue weighted by Crippen LogP contribution is -2.45. The third-order valence-electron chi connectivity index (χ3n) is 9.24. The molecule has 0 radical (unpaired) electrons. The van der Waals surface area contributed by atoms with Gasteiger partial charge in [0, 0.05) is 36.5 Å². The molecule has 4 atom stereocenters. The highest BCUT2D eigenvalue weighted by molar-refractivity contribution is 6.72. The largest absolute Gasteiger partial charge is 0.497 e. The summed E-state index contributed by atoms with van der Waals surface area (Å²) in [6.45, 7) is 5.29. The first-order valence-corrected chi connectivity index (χ1v) is 18.1. The van der Waals surface area contributed by atoms with E-state index < -0.39 is 31.6 Å². The van der Waals surface area contributed by atoms with Crippen LogP contribution in [-0.4, -0.2) is 50.9 Å². The van der Waals surface area contributed by atoms with Gasteiger partial charge in [-0.15, -0.1) is 0 Å². The Kier molecular flexibility index (Phi) is 7.94. The van der Waals surface area contributed by atoms with E-state index >= 15 is 4.11 Å². The monoisotopic (exact) mass is 615 g/mol. The molecule has 1 saturated heterocycles. The average molecular weight is 616 g/mol. The highest BCUT2D eigenvalue weighted by Gasteiger charge is 2.66. The lowest BCUT2D eigenvalue weighted by atomic mass is 9.82. The Hall–Kier alpha value is -3.86. The number of benzene rings is 3. The number of aliphatic hydroxyl groups is 1. The van der Waals surface area contributed by atoms with Crippen LogP contribution in [0.4, 0.5) is 15.5 Å². The van der Waals surface area contributed by atoms with Gasteiger partial charge >= 0.3 is 0 Å². The average Bonchev–Trinajstić information content (AvgIpc) is 3.44. The second kappa shape index (κ2) is 11.6. The van der Waals surface area contributed by atoms with Crippen LogP contribution in [0.5, 0.6) is 5.75 Å². The van der Waals surface area contributed by atoms with Crippen LogP contribution in [0.15, 0.2) is 77.9 Å². The van der Waals surface area contributed by atoms with Crippen LogP contribution in [0.3, 0.4) is 0 Å². The van der Waals surface area contributed by atoms with Crippen molar-refractivity contribution in [2.24, 2.45) is 11.0 Å². The van der Waals surface area contributed by atoms with Crippen LogP contribution in [0.1, 0.15) is 42.9 Å². The number of carbonyl (C=O) groups is 2. The van der Waals surface area contributed by atoms with E-state index in [-0.39, 0.29) is 31.4 Å². The fourth-order valence-corrected chi connectivity index (χ4v) is 9.77. The number of hydrogen-bond donors (Lipinski definition) is 1. The molecule has 3 aliphatic heterocycles. The van der Waals surface area contributed by atoms with Gasteiger partial charge in [-0.3, -0.25) is 9.59 Å². The molecule has 0 bridgehead atoms. The van der Waals surface area contributed by atoms with Crippen molar-refractivity contribution in [3.8, 4) is 5.75 Å². The molecule has 44 heavy (non-hydrogen) atoms. The molecule has 1 N–H and O–H groups in total. The summed E-state index contributed by atoms with van der Waals surface area (Å²) in [5.41, 5.74) is 2.86. The van der Waals surface area contributed by atoms with Gasteiger partial charge in [0.05, 0.1) is 36.8 Å². The number of nitrogens with zero attached hydrogens (tertiary/aromatic N) is 3. The maximum atomic E-state index is 15.8. The van der Waals surface area contributed by atoms with Crippen LogP contribution in [0.2, 0.25) is 18.6 Å². The summed E-state index contributed by atoms with van der Waals surface area (Å²) >= 11 is 0. The van der Waals surface area contributed by atoms with Crippen LogP contribution in [0, 0.1) is 5.92 Å². The highest BCUT2D eigenvalue weighted by atomic mass is 28.4. The molecule has 0 aromatic heterocycles. The van der Waals surface area contributed by atoms with Crippen molar-refractivity contribution >= 4 is 37.3 Å². The Morgan fingerprint density at radius 2 is 1.80 bits per heavy atom. The molecule has 0 unspecified atom stereocenters. The van der Waals surface area contributed by atoms with Crippen molar-refractivity contribution in [3.05, 3.63) is 89.5 Å². The Morgan fingerprint density at radius 3 is 2.45 bits per heavy atom. The number of carbonyl (C=O) groups excluding carboxylic acids is 2. The van der Waals surface area contributed by atoms with Crippen LogP contribution >= 0.6 is 0 Å². The minimum absolute atomic E-state index is 0.0735. The normalized spacial score (nSPS) is 25.0. The summed E-state index contributed by atoms with van der Waals surface area (Å²) < 4.78 is 27.9. The van der Waals surface area contributed by atoms with Gasteiger partial charge in [-0.1, -0.05) is 49.4 Å². The molecule has 1 spiro atoms. The third-order valence-corrected chi connectivity index (χ3v) is 11.7. The Balaban J connectivity index is 1.32. The third kappa shape index (κ3) is 5.04. The molecule has 6 rings (SSSR count). The van der Waals surface area contributed by atoms with Gasteiger partial charge in [-0.25, -0.2) is 5.01 Å². The minimum atomic E-state index is -3.29. The number of hydrazone groups is 1. The number of aliphatic hydroxyl groups excluding tert-OH is 1. The molecule has 1 fully saturated rings. The van der Waals surface area contributed by atoms with E-state index in [2.05, 4.69) is 5.10 Å². The van der Waals surface area contributed by atoms with Crippen molar-refractivity contribution in [2.45, 2.75) is 63.1 Å². The number of rotatable bonds is 8. The Labute approximate surface area is 258 Å². The summed E-state index contributed by atoms with van der Waals surface area (Å²) in [4.78, 5) is 29.0. The molecule has 3 aromatic rings. The molecular formula is C34H38FN3O5Si. The summed E-state index contributed by atoms with van der Waals surface area (Å²) in [7, 11) is -1.72. The van der Waals surface area contributed by atoms with E-state index in [4.69, 9.17) is 9.47 Å². The van der Waals surface area contributed by atoms with Gasteiger partial charge in [0.2, 0.25) is 14.3 Å². The molecule has 8 nitrogen and oxygen atoms in total. The fraction of sp³-hybridized carbons (Fsp3) is 0.382. The molecule has 0 saturated carbocycles. The van der Waals surface area contributed by atoms with Gasteiger partial charge in [0.1, 0.15) is 5.75 Å². The number of halogens is 1. The zero-order valence-electron chi connectivity index (χ0n) is 25.5. The lowest BCUT2D eigenvalue weighted by Gasteiger charge is -2.31.